The molecule has 0 aliphatic heterocycles. The highest BCUT2D eigenvalue weighted by Crippen LogP contribution is 2.23. The summed E-state index contributed by atoms with van der Waals surface area (Å²) in [5, 5.41) is 0. The summed E-state index contributed by atoms with van der Waals surface area (Å²) in [6, 6.07) is 0. The van der Waals surface area contributed by atoms with Gasteiger partial charge in [-0.1, -0.05) is 26.0 Å². The van der Waals surface area contributed by atoms with E-state index in [0.717, 1.165) is 5.92 Å². The number of aromatic nitrogens is 1. The van der Waals surface area contributed by atoms with Gasteiger partial charge in [0.2, 0.25) is 0 Å². The first kappa shape index (κ1) is 8.61. The Bertz CT molecular complexity index is 318. The number of aryl methyl sites for hydroxylation is 1. The Morgan fingerprint density at radius 1 is 1.46 bits per heavy atom. The van der Waals surface area contributed by atoms with Crippen LogP contribution in [0, 0.1) is 5.92 Å². The third-order valence-electron chi connectivity index (χ3n) is 2.57. The van der Waals surface area contributed by atoms with Crippen LogP contribution in [-0.4, -0.2) is 4.98 Å². The summed E-state index contributed by atoms with van der Waals surface area (Å²) in [5.41, 5.74) is 4.37. The lowest BCUT2D eigenvalue weighted by Gasteiger charge is -2.08. The number of nitrogens with one attached hydrogen (secondary N) is 1. The summed E-state index contributed by atoms with van der Waals surface area (Å²) in [6.07, 6.45) is 10.3. The first-order valence-electron chi connectivity index (χ1n) is 5.13. The largest absolute Gasteiger partial charge is 0.364 e. The number of allylic oxidation sites excluding steroid dienone is 1. The third-order valence-corrected chi connectivity index (χ3v) is 2.57. The van der Waals surface area contributed by atoms with E-state index in [4.69, 9.17) is 0 Å². The lowest BCUT2D eigenvalue weighted by molar-refractivity contribution is 0.647. The first-order chi connectivity index (χ1) is 6.27. The molecule has 0 bridgehead atoms. The maximum Gasteiger partial charge on any atom is 0.0226 e. The second-order valence-electron chi connectivity index (χ2n) is 4.25. The second-order valence-corrected chi connectivity index (χ2v) is 4.25. The Labute approximate surface area is 79.9 Å². The van der Waals surface area contributed by atoms with Gasteiger partial charge in [0, 0.05) is 11.9 Å². The summed E-state index contributed by atoms with van der Waals surface area (Å²) < 4.78 is 0. The molecule has 0 unspecified atom stereocenters. The van der Waals surface area contributed by atoms with Gasteiger partial charge in [0.15, 0.2) is 0 Å². The van der Waals surface area contributed by atoms with Crippen LogP contribution in [0.25, 0.3) is 6.08 Å². The van der Waals surface area contributed by atoms with Crippen molar-refractivity contribution < 1.29 is 0 Å². The van der Waals surface area contributed by atoms with Gasteiger partial charge < -0.3 is 4.98 Å². The van der Waals surface area contributed by atoms with Gasteiger partial charge in [-0.2, -0.15) is 0 Å². The Kier molecular flexibility index (Phi) is 2.26. The minimum atomic E-state index is 0.746. The fourth-order valence-electron chi connectivity index (χ4n) is 1.98. The van der Waals surface area contributed by atoms with E-state index in [1.54, 1.807) is 0 Å². The highest BCUT2D eigenvalue weighted by atomic mass is 14.7. The highest BCUT2D eigenvalue weighted by molar-refractivity contribution is 5.58. The first-order valence-corrected chi connectivity index (χ1v) is 5.13. The van der Waals surface area contributed by atoms with E-state index in [1.165, 1.54) is 36.1 Å². The smallest absolute Gasteiger partial charge is 0.0226 e. The molecule has 2 rings (SSSR count). The molecule has 0 saturated carbocycles. The third kappa shape index (κ3) is 1.69. The van der Waals surface area contributed by atoms with Crippen LogP contribution in [-0.2, 0) is 12.8 Å². The van der Waals surface area contributed by atoms with Gasteiger partial charge in [0.1, 0.15) is 0 Å². The molecule has 0 amide bonds. The van der Waals surface area contributed by atoms with Crippen molar-refractivity contribution in [3.8, 4) is 0 Å². The molecule has 0 atom stereocenters. The highest BCUT2D eigenvalue weighted by Gasteiger charge is 2.11. The van der Waals surface area contributed by atoms with Crippen molar-refractivity contribution in [2.45, 2.75) is 33.1 Å². The number of hydrogen-bond donors (Lipinski definition) is 1. The molecule has 1 heteroatoms. The molecule has 0 spiro atoms. The van der Waals surface area contributed by atoms with Gasteiger partial charge in [0.25, 0.3) is 0 Å². The minimum absolute atomic E-state index is 0.746. The molecular weight excluding hydrogens is 158 g/mol. The van der Waals surface area contributed by atoms with E-state index in [0.29, 0.717) is 0 Å². The lowest BCUT2D eigenvalue weighted by atomic mass is 9.97. The van der Waals surface area contributed by atoms with E-state index in [-0.39, 0.29) is 0 Å². The van der Waals surface area contributed by atoms with E-state index in [2.05, 4.69) is 37.2 Å². The van der Waals surface area contributed by atoms with Crippen LogP contribution in [0.15, 0.2) is 12.3 Å². The zero-order valence-electron chi connectivity index (χ0n) is 8.43. The number of fused-ring (bicyclic) bond motifs is 1. The van der Waals surface area contributed by atoms with Crippen molar-refractivity contribution in [2.75, 3.05) is 0 Å². The topological polar surface area (TPSA) is 15.8 Å². The monoisotopic (exact) mass is 175 g/mol. The number of rotatable bonds is 2. The molecule has 1 aromatic heterocycles. The average Bonchev–Trinajstić information content (AvgIpc) is 2.48. The molecule has 1 aromatic rings. The van der Waals surface area contributed by atoms with E-state index < -0.39 is 0 Å². The van der Waals surface area contributed by atoms with Crippen molar-refractivity contribution >= 4 is 6.08 Å². The number of H-pyrrole nitrogens is 1. The minimum Gasteiger partial charge on any atom is -0.364 e. The molecule has 1 nitrogen and oxygen atoms in total. The van der Waals surface area contributed by atoms with Gasteiger partial charge in [0.05, 0.1) is 0 Å². The molecule has 70 valence electrons. The Balaban J connectivity index is 2.28. The molecule has 1 heterocycles. The summed E-state index contributed by atoms with van der Waals surface area (Å²) in [4.78, 5) is 3.38. The van der Waals surface area contributed by atoms with Gasteiger partial charge in [-0.15, -0.1) is 0 Å². The molecule has 13 heavy (non-hydrogen) atoms. The van der Waals surface area contributed by atoms with Crippen LogP contribution in [0.5, 0.6) is 0 Å². The Hall–Kier alpha value is -0.980. The predicted octanol–water partition coefficient (Wildman–Crippen LogP) is 3.17. The van der Waals surface area contributed by atoms with E-state index in [9.17, 15) is 0 Å². The predicted molar refractivity (Wildman–Crippen MR) is 56.7 cm³/mol. The zero-order valence-corrected chi connectivity index (χ0v) is 8.43. The fourth-order valence-corrected chi connectivity index (χ4v) is 1.98. The summed E-state index contributed by atoms with van der Waals surface area (Å²) in [5.74, 6) is 0.746. The fraction of sp³-hybridized carbons (Fsp3) is 0.500. The number of aromatic amines is 1. The molecule has 0 aromatic carbocycles. The van der Waals surface area contributed by atoms with Gasteiger partial charge in [-0.3, -0.25) is 0 Å². The molecule has 0 radical (unpaired) electrons. The van der Waals surface area contributed by atoms with Crippen molar-refractivity contribution in [1.82, 2.24) is 4.98 Å². The molecule has 1 aliphatic carbocycles. The van der Waals surface area contributed by atoms with Gasteiger partial charge >= 0.3 is 0 Å². The zero-order chi connectivity index (χ0) is 9.26. The van der Waals surface area contributed by atoms with Crippen LogP contribution in [0.4, 0.5) is 0 Å². The van der Waals surface area contributed by atoms with Crippen LogP contribution in [0.1, 0.15) is 37.1 Å². The molecule has 1 aliphatic rings. The van der Waals surface area contributed by atoms with E-state index >= 15 is 0 Å². The van der Waals surface area contributed by atoms with Crippen molar-refractivity contribution in [2.24, 2.45) is 5.92 Å². The molecule has 0 fully saturated rings. The molecular formula is C12H17N. The van der Waals surface area contributed by atoms with Crippen molar-refractivity contribution in [3.63, 3.8) is 0 Å². The average molecular weight is 175 g/mol. The van der Waals surface area contributed by atoms with Crippen LogP contribution in [0.3, 0.4) is 0 Å². The van der Waals surface area contributed by atoms with Crippen molar-refractivity contribution in [1.29, 1.82) is 0 Å². The second kappa shape index (κ2) is 3.41. The summed E-state index contributed by atoms with van der Waals surface area (Å²) >= 11 is 0. The standard InChI is InChI=1S/C12H17N/c1-9(2)7-10-8-13-12-6-4-3-5-11(10)12/h3,5,8-9,13H,4,6-7H2,1-2H3. The normalized spacial score (nSPS) is 15.0. The maximum absolute atomic E-state index is 3.38. The van der Waals surface area contributed by atoms with Crippen molar-refractivity contribution in [3.05, 3.63) is 29.1 Å². The lowest BCUT2D eigenvalue weighted by Crippen LogP contribution is -1.97. The van der Waals surface area contributed by atoms with E-state index in [1.807, 2.05) is 0 Å². The number of hydrogen-bond acceptors (Lipinski definition) is 0. The maximum atomic E-state index is 3.38. The van der Waals surface area contributed by atoms with Crippen LogP contribution in [0.2, 0.25) is 0 Å². The molecule has 0 saturated heterocycles. The summed E-state index contributed by atoms with van der Waals surface area (Å²) in [7, 11) is 0. The SMILES string of the molecule is CC(C)Cc1c[nH]c2c1C=CCC2. The Morgan fingerprint density at radius 2 is 2.31 bits per heavy atom. The Morgan fingerprint density at radius 3 is 3.08 bits per heavy atom. The quantitative estimate of drug-likeness (QED) is 0.710. The van der Waals surface area contributed by atoms with Gasteiger partial charge in [-0.25, -0.2) is 0 Å². The molecule has 1 N–H and O–H groups in total. The van der Waals surface area contributed by atoms with Crippen LogP contribution < -0.4 is 0 Å². The van der Waals surface area contributed by atoms with Crippen LogP contribution >= 0.6 is 0 Å². The summed E-state index contributed by atoms with van der Waals surface area (Å²) in [6.45, 7) is 4.54. The van der Waals surface area contributed by atoms with Gasteiger partial charge in [-0.05, 0) is 36.3 Å².